The lowest BCUT2D eigenvalue weighted by Gasteiger charge is -2.13. The van der Waals surface area contributed by atoms with Gasteiger partial charge < -0.3 is 9.84 Å². The smallest absolute Gasteiger partial charge is 0.0906 e. The van der Waals surface area contributed by atoms with Crippen LogP contribution in [0.25, 0.3) is 0 Å². The number of nitrogens with zero attached hydrogens (tertiary/aromatic N) is 2. The lowest BCUT2D eigenvalue weighted by atomic mass is 9.99. The van der Waals surface area contributed by atoms with Gasteiger partial charge in [0, 0.05) is 37.4 Å². The van der Waals surface area contributed by atoms with E-state index in [2.05, 4.69) is 12.0 Å². The Kier molecular flexibility index (Phi) is 2.84. The minimum Gasteiger partial charge on any atom is -0.396 e. The second kappa shape index (κ2) is 4.11. The lowest BCUT2D eigenvalue weighted by molar-refractivity contribution is 0.0720. The Labute approximate surface area is 83.5 Å². The predicted octanol–water partition coefficient (Wildman–Crippen LogP) is 0.973. The number of ether oxygens (including phenoxy) is 1. The van der Waals surface area contributed by atoms with Crippen molar-refractivity contribution in [2.24, 2.45) is 5.92 Å². The van der Waals surface area contributed by atoms with Crippen LogP contribution >= 0.6 is 0 Å². The number of aromatic nitrogens is 2. The largest absolute Gasteiger partial charge is 0.396 e. The summed E-state index contributed by atoms with van der Waals surface area (Å²) in [4.78, 5) is 0. The van der Waals surface area contributed by atoms with E-state index in [1.54, 1.807) is 0 Å². The third-order valence-corrected chi connectivity index (χ3v) is 2.75. The highest BCUT2D eigenvalue weighted by molar-refractivity contribution is 5.11. The van der Waals surface area contributed by atoms with E-state index in [0.717, 1.165) is 25.1 Å². The highest BCUT2D eigenvalue weighted by Crippen LogP contribution is 2.33. The molecule has 2 atom stereocenters. The van der Waals surface area contributed by atoms with Gasteiger partial charge in [-0.25, -0.2) is 0 Å². The summed E-state index contributed by atoms with van der Waals surface area (Å²) >= 11 is 0. The molecule has 1 fully saturated rings. The average molecular weight is 196 g/mol. The summed E-state index contributed by atoms with van der Waals surface area (Å²) in [6, 6.07) is 0. The Bertz CT molecular complexity index is 298. The Hall–Kier alpha value is -0.870. The molecule has 0 saturated carbocycles. The Morgan fingerprint density at radius 1 is 1.71 bits per heavy atom. The van der Waals surface area contributed by atoms with Crippen LogP contribution in [0, 0.1) is 5.92 Å². The first-order chi connectivity index (χ1) is 6.85. The molecule has 0 radical (unpaired) electrons. The van der Waals surface area contributed by atoms with Gasteiger partial charge in [0.2, 0.25) is 0 Å². The molecule has 1 N–H and O–H groups in total. The normalized spacial score (nSPS) is 27.0. The van der Waals surface area contributed by atoms with Crippen LogP contribution in [0.3, 0.4) is 0 Å². The van der Waals surface area contributed by atoms with Gasteiger partial charge in [0.05, 0.1) is 12.3 Å². The van der Waals surface area contributed by atoms with Crippen molar-refractivity contribution < 1.29 is 9.84 Å². The first-order valence-electron chi connectivity index (χ1n) is 5.10. The van der Waals surface area contributed by atoms with Crippen LogP contribution in [0.1, 0.15) is 25.0 Å². The molecule has 1 aromatic heterocycles. The third kappa shape index (κ3) is 1.67. The predicted molar refractivity (Wildman–Crippen MR) is 51.8 cm³/mol. The molecular formula is C10H16N2O2. The van der Waals surface area contributed by atoms with Crippen molar-refractivity contribution in [2.75, 3.05) is 13.2 Å². The molecule has 1 saturated heterocycles. The van der Waals surface area contributed by atoms with Crippen LogP contribution in [0.4, 0.5) is 0 Å². The number of aliphatic hydroxyl groups excluding tert-OH is 1. The standard InChI is InChI=1S/C10H16N2O2/c1-2-12-6-9(5-11-12)10-8(7-13)3-4-14-10/h5-6,8,10,13H,2-4,7H2,1H3/t8-,10+/m0/s1. The van der Waals surface area contributed by atoms with Crippen LogP contribution in [-0.2, 0) is 11.3 Å². The number of aliphatic hydroxyl groups is 1. The lowest BCUT2D eigenvalue weighted by Crippen LogP contribution is -2.10. The molecule has 0 aliphatic carbocycles. The van der Waals surface area contributed by atoms with Crippen LogP contribution in [0.5, 0.6) is 0 Å². The molecular weight excluding hydrogens is 180 g/mol. The van der Waals surface area contributed by atoms with E-state index in [9.17, 15) is 0 Å². The summed E-state index contributed by atoms with van der Waals surface area (Å²) in [5.74, 6) is 0.240. The van der Waals surface area contributed by atoms with Gasteiger partial charge in [-0.3, -0.25) is 4.68 Å². The van der Waals surface area contributed by atoms with Crippen LogP contribution < -0.4 is 0 Å². The molecule has 0 aromatic carbocycles. The molecule has 2 rings (SSSR count). The summed E-state index contributed by atoms with van der Waals surface area (Å²) < 4.78 is 7.47. The quantitative estimate of drug-likeness (QED) is 0.783. The van der Waals surface area contributed by atoms with E-state index in [-0.39, 0.29) is 18.6 Å². The van der Waals surface area contributed by atoms with Gasteiger partial charge >= 0.3 is 0 Å². The van der Waals surface area contributed by atoms with Gasteiger partial charge in [0.15, 0.2) is 0 Å². The molecule has 1 aromatic rings. The van der Waals surface area contributed by atoms with Crippen molar-refractivity contribution in [1.29, 1.82) is 0 Å². The SMILES string of the molecule is CCn1cc([C@@H]2OCC[C@H]2CO)cn1. The minimum atomic E-state index is 0.0419. The fourth-order valence-electron chi connectivity index (χ4n) is 1.89. The van der Waals surface area contributed by atoms with Crippen molar-refractivity contribution in [3.63, 3.8) is 0 Å². The zero-order chi connectivity index (χ0) is 9.97. The Morgan fingerprint density at radius 2 is 2.57 bits per heavy atom. The fourth-order valence-corrected chi connectivity index (χ4v) is 1.89. The summed E-state index contributed by atoms with van der Waals surface area (Å²) in [6.07, 6.45) is 4.82. The third-order valence-electron chi connectivity index (χ3n) is 2.75. The molecule has 14 heavy (non-hydrogen) atoms. The number of aryl methyl sites for hydroxylation is 1. The van der Waals surface area contributed by atoms with Crippen molar-refractivity contribution in [2.45, 2.75) is 26.0 Å². The molecule has 4 heteroatoms. The topological polar surface area (TPSA) is 47.3 Å². The molecule has 0 spiro atoms. The molecule has 0 bridgehead atoms. The number of hydrogen-bond donors (Lipinski definition) is 1. The highest BCUT2D eigenvalue weighted by Gasteiger charge is 2.29. The summed E-state index contributed by atoms with van der Waals surface area (Å²) in [6.45, 7) is 3.86. The first kappa shape index (κ1) is 9.68. The van der Waals surface area contributed by atoms with E-state index in [1.807, 2.05) is 17.1 Å². The average Bonchev–Trinajstić information content (AvgIpc) is 2.85. The van der Waals surface area contributed by atoms with Crippen LogP contribution in [0.2, 0.25) is 0 Å². The monoisotopic (exact) mass is 196 g/mol. The second-order valence-corrected chi connectivity index (χ2v) is 3.65. The van der Waals surface area contributed by atoms with Crippen molar-refractivity contribution >= 4 is 0 Å². The molecule has 4 nitrogen and oxygen atoms in total. The van der Waals surface area contributed by atoms with E-state index in [0.29, 0.717) is 0 Å². The van der Waals surface area contributed by atoms with E-state index in [4.69, 9.17) is 9.84 Å². The number of hydrogen-bond acceptors (Lipinski definition) is 3. The first-order valence-corrected chi connectivity index (χ1v) is 5.10. The summed E-state index contributed by atoms with van der Waals surface area (Å²) in [5, 5.41) is 13.4. The van der Waals surface area contributed by atoms with E-state index < -0.39 is 0 Å². The summed E-state index contributed by atoms with van der Waals surface area (Å²) in [5.41, 5.74) is 1.09. The molecule has 78 valence electrons. The zero-order valence-electron chi connectivity index (χ0n) is 8.39. The molecule has 2 heterocycles. The van der Waals surface area contributed by atoms with Gasteiger partial charge in [0.25, 0.3) is 0 Å². The molecule has 0 unspecified atom stereocenters. The van der Waals surface area contributed by atoms with E-state index >= 15 is 0 Å². The van der Waals surface area contributed by atoms with Gasteiger partial charge in [-0.05, 0) is 13.3 Å². The fraction of sp³-hybridized carbons (Fsp3) is 0.700. The maximum absolute atomic E-state index is 9.15. The minimum absolute atomic E-state index is 0.0419. The second-order valence-electron chi connectivity index (χ2n) is 3.65. The van der Waals surface area contributed by atoms with Crippen LogP contribution in [-0.4, -0.2) is 28.1 Å². The number of rotatable bonds is 3. The highest BCUT2D eigenvalue weighted by atomic mass is 16.5. The van der Waals surface area contributed by atoms with Crippen LogP contribution in [0.15, 0.2) is 12.4 Å². The summed E-state index contributed by atoms with van der Waals surface area (Å²) in [7, 11) is 0. The van der Waals surface area contributed by atoms with Gasteiger partial charge in [-0.2, -0.15) is 5.10 Å². The van der Waals surface area contributed by atoms with Crippen molar-refractivity contribution in [3.05, 3.63) is 18.0 Å². The van der Waals surface area contributed by atoms with Gasteiger partial charge in [-0.1, -0.05) is 0 Å². The van der Waals surface area contributed by atoms with Crippen molar-refractivity contribution in [1.82, 2.24) is 9.78 Å². The van der Waals surface area contributed by atoms with E-state index in [1.165, 1.54) is 0 Å². The molecule has 1 aliphatic heterocycles. The Balaban J connectivity index is 2.13. The Morgan fingerprint density at radius 3 is 3.21 bits per heavy atom. The van der Waals surface area contributed by atoms with Gasteiger partial charge in [0.1, 0.15) is 0 Å². The van der Waals surface area contributed by atoms with Gasteiger partial charge in [-0.15, -0.1) is 0 Å². The maximum atomic E-state index is 9.15. The zero-order valence-corrected chi connectivity index (χ0v) is 8.39. The maximum Gasteiger partial charge on any atom is 0.0906 e. The van der Waals surface area contributed by atoms with Crippen molar-refractivity contribution in [3.8, 4) is 0 Å². The molecule has 0 amide bonds. The molecule has 1 aliphatic rings.